The summed E-state index contributed by atoms with van der Waals surface area (Å²) in [4.78, 5) is 30.3. The highest BCUT2D eigenvalue weighted by atomic mass is 16.5. The van der Waals surface area contributed by atoms with Gasteiger partial charge in [0.25, 0.3) is 17.9 Å². The Morgan fingerprint density at radius 3 is 2.66 bits per heavy atom. The first-order chi connectivity index (χ1) is 15.6. The molecular weight excluding hydrogens is 416 g/mol. The molecule has 1 saturated carbocycles. The van der Waals surface area contributed by atoms with Crippen molar-refractivity contribution in [3.8, 4) is 0 Å². The summed E-state index contributed by atoms with van der Waals surface area (Å²) in [6.07, 6.45) is 3.65. The Kier molecular flexibility index (Phi) is 4.72. The molecule has 1 aliphatic carbocycles. The van der Waals surface area contributed by atoms with E-state index in [1.54, 1.807) is 6.07 Å². The zero-order valence-corrected chi connectivity index (χ0v) is 17.5. The van der Waals surface area contributed by atoms with Gasteiger partial charge < -0.3 is 33.8 Å². The number of aliphatic hydroxyl groups excluding tert-OH is 1. The normalized spacial score (nSPS) is 21.5. The third-order valence-corrected chi connectivity index (χ3v) is 6.05. The predicted molar refractivity (Wildman–Crippen MR) is 114 cm³/mol. The lowest BCUT2D eigenvalue weighted by atomic mass is 10.2. The first-order valence-corrected chi connectivity index (χ1v) is 11.0. The van der Waals surface area contributed by atoms with Gasteiger partial charge in [0.05, 0.1) is 30.7 Å². The van der Waals surface area contributed by atoms with Crippen molar-refractivity contribution >= 4 is 34.9 Å². The lowest BCUT2D eigenvalue weighted by molar-refractivity contribution is 0.102. The van der Waals surface area contributed by atoms with Crippen LogP contribution in [0.2, 0.25) is 0 Å². The highest BCUT2D eigenvalue weighted by Gasteiger charge is 2.31. The van der Waals surface area contributed by atoms with Crippen molar-refractivity contribution in [1.29, 1.82) is 0 Å². The number of oxazole rings is 2. The number of β-amino-alcohol motifs (C(OH)–C–C–N with tert-alkyl or cyclic N) is 1. The number of pyridine rings is 1. The van der Waals surface area contributed by atoms with Crippen molar-refractivity contribution in [3.05, 3.63) is 23.7 Å². The number of aromatic nitrogens is 3. The Bertz CT molecular complexity index is 1150. The summed E-state index contributed by atoms with van der Waals surface area (Å²) < 4.78 is 16.8. The standard InChI is InChI=1S/C21H24N6O5/c28-13-3-4-27(10-13)20-23-15(11-31-20)19(29)22-14-9-16-18(24-17(14)12-1-2-12)25-21(32-16)26-5-7-30-8-6-26/h9,11-13,28H,1-8,10H2,(H,22,29)/t13-/m0/s1. The Hall–Kier alpha value is -3.18. The number of hydrogen-bond acceptors (Lipinski definition) is 10. The summed E-state index contributed by atoms with van der Waals surface area (Å²) in [6, 6.07) is 2.66. The Morgan fingerprint density at radius 1 is 1.06 bits per heavy atom. The van der Waals surface area contributed by atoms with Gasteiger partial charge in [0, 0.05) is 38.2 Å². The molecule has 168 valence electrons. The number of hydrogen-bond donors (Lipinski definition) is 2. The number of amides is 1. The molecule has 0 unspecified atom stereocenters. The predicted octanol–water partition coefficient (Wildman–Crippen LogP) is 1.75. The molecule has 2 saturated heterocycles. The van der Waals surface area contributed by atoms with Crippen LogP contribution in [0.1, 0.15) is 41.4 Å². The number of ether oxygens (including phenoxy) is 1. The summed E-state index contributed by atoms with van der Waals surface area (Å²) in [5, 5.41) is 12.6. The molecule has 32 heavy (non-hydrogen) atoms. The van der Waals surface area contributed by atoms with Crippen molar-refractivity contribution < 1.29 is 23.5 Å². The summed E-state index contributed by atoms with van der Waals surface area (Å²) in [6.45, 7) is 3.80. The molecule has 0 aromatic carbocycles. The first kappa shape index (κ1) is 19.5. The van der Waals surface area contributed by atoms with Crippen LogP contribution >= 0.6 is 0 Å². The van der Waals surface area contributed by atoms with Crippen LogP contribution in [0.3, 0.4) is 0 Å². The van der Waals surface area contributed by atoms with E-state index in [-0.39, 0.29) is 11.6 Å². The van der Waals surface area contributed by atoms with Crippen molar-refractivity contribution in [1.82, 2.24) is 15.0 Å². The third-order valence-electron chi connectivity index (χ3n) is 6.05. The molecule has 3 aromatic heterocycles. The van der Waals surface area contributed by atoms with Gasteiger partial charge in [-0.15, -0.1) is 0 Å². The van der Waals surface area contributed by atoms with Gasteiger partial charge in [0.2, 0.25) is 5.65 Å². The molecule has 5 heterocycles. The molecule has 2 N–H and O–H groups in total. The molecule has 11 heteroatoms. The minimum absolute atomic E-state index is 0.176. The fourth-order valence-corrected chi connectivity index (χ4v) is 4.14. The van der Waals surface area contributed by atoms with Gasteiger partial charge in [-0.25, -0.2) is 4.98 Å². The van der Waals surface area contributed by atoms with Gasteiger partial charge in [0.15, 0.2) is 11.3 Å². The number of nitrogens with zero attached hydrogens (tertiary/aromatic N) is 5. The maximum absolute atomic E-state index is 12.9. The minimum atomic E-state index is -0.401. The zero-order valence-electron chi connectivity index (χ0n) is 17.5. The highest BCUT2D eigenvalue weighted by Crippen LogP contribution is 2.43. The topological polar surface area (TPSA) is 130 Å². The van der Waals surface area contributed by atoms with Crippen LogP contribution in [0.25, 0.3) is 11.2 Å². The van der Waals surface area contributed by atoms with Gasteiger partial charge >= 0.3 is 0 Å². The van der Waals surface area contributed by atoms with Crippen LogP contribution in [0, 0.1) is 0 Å². The number of carbonyl (C=O) groups excluding carboxylic acids is 1. The fourth-order valence-electron chi connectivity index (χ4n) is 4.14. The number of fused-ring (bicyclic) bond motifs is 1. The molecule has 2 aliphatic heterocycles. The third kappa shape index (κ3) is 3.67. The molecule has 3 aromatic rings. The lowest BCUT2D eigenvalue weighted by Gasteiger charge is -2.24. The molecule has 6 rings (SSSR count). The Morgan fingerprint density at radius 2 is 1.91 bits per heavy atom. The molecular formula is C21H24N6O5. The van der Waals surface area contributed by atoms with Gasteiger partial charge in [-0.1, -0.05) is 0 Å². The van der Waals surface area contributed by atoms with Crippen LogP contribution in [-0.2, 0) is 4.74 Å². The average Bonchev–Trinajstić information content (AvgIpc) is 3.19. The Labute approximate surface area is 183 Å². The molecule has 3 aliphatic rings. The molecule has 0 spiro atoms. The highest BCUT2D eigenvalue weighted by molar-refractivity contribution is 6.04. The fraction of sp³-hybridized carbons (Fsp3) is 0.524. The van der Waals surface area contributed by atoms with E-state index in [0.717, 1.165) is 18.5 Å². The van der Waals surface area contributed by atoms with Crippen LogP contribution in [0.5, 0.6) is 0 Å². The second kappa shape index (κ2) is 7.75. The van der Waals surface area contributed by atoms with Crippen molar-refractivity contribution in [2.24, 2.45) is 0 Å². The van der Waals surface area contributed by atoms with E-state index >= 15 is 0 Å². The van der Waals surface area contributed by atoms with Crippen LogP contribution in [-0.4, -0.2) is 71.5 Å². The summed E-state index contributed by atoms with van der Waals surface area (Å²) >= 11 is 0. The number of rotatable bonds is 5. The summed E-state index contributed by atoms with van der Waals surface area (Å²) in [7, 11) is 0. The van der Waals surface area contributed by atoms with Gasteiger partial charge in [0.1, 0.15) is 6.26 Å². The van der Waals surface area contributed by atoms with Crippen LogP contribution in [0.15, 0.2) is 21.2 Å². The number of aliphatic hydroxyl groups is 1. The van der Waals surface area contributed by atoms with E-state index in [1.165, 1.54) is 6.26 Å². The molecule has 0 radical (unpaired) electrons. The summed E-state index contributed by atoms with van der Waals surface area (Å²) in [5.41, 5.74) is 2.67. The monoisotopic (exact) mass is 440 g/mol. The lowest BCUT2D eigenvalue weighted by Crippen LogP contribution is -2.36. The molecule has 11 nitrogen and oxygen atoms in total. The van der Waals surface area contributed by atoms with Gasteiger partial charge in [-0.2, -0.15) is 9.97 Å². The van der Waals surface area contributed by atoms with E-state index in [2.05, 4.69) is 15.3 Å². The zero-order chi connectivity index (χ0) is 21.7. The first-order valence-electron chi connectivity index (χ1n) is 11.0. The maximum Gasteiger partial charge on any atom is 0.300 e. The van der Waals surface area contributed by atoms with E-state index in [0.29, 0.717) is 80.7 Å². The maximum atomic E-state index is 12.9. The minimum Gasteiger partial charge on any atom is -0.431 e. The van der Waals surface area contributed by atoms with E-state index in [1.807, 2.05) is 9.80 Å². The molecule has 1 amide bonds. The van der Waals surface area contributed by atoms with E-state index < -0.39 is 6.10 Å². The van der Waals surface area contributed by atoms with Crippen LogP contribution in [0.4, 0.5) is 17.7 Å². The Balaban J connectivity index is 1.25. The van der Waals surface area contributed by atoms with Crippen molar-refractivity contribution in [3.63, 3.8) is 0 Å². The molecule has 1 atom stereocenters. The van der Waals surface area contributed by atoms with E-state index in [9.17, 15) is 9.90 Å². The quantitative estimate of drug-likeness (QED) is 0.605. The largest absolute Gasteiger partial charge is 0.431 e. The second-order valence-corrected chi connectivity index (χ2v) is 8.47. The number of carbonyl (C=O) groups is 1. The van der Waals surface area contributed by atoms with Gasteiger partial charge in [-0.3, -0.25) is 4.79 Å². The van der Waals surface area contributed by atoms with Crippen molar-refractivity contribution in [2.75, 3.05) is 54.5 Å². The average molecular weight is 440 g/mol. The van der Waals surface area contributed by atoms with Crippen molar-refractivity contribution in [2.45, 2.75) is 31.3 Å². The number of morpholine rings is 1. The van der Waals surface area contributed by atoms with Gasteiger partial charge in [-0.05, 0) is 19.3 Å². The molecule has 0 bridgehead atoms. The van der Waals surface area contributed by atoms with E-state index in [4.69, 9.17) is 18.6 Å². The second-order valence-electron chi connectivity index (χ2n) is 8.47. The SMILES string of the molecule is O=C(Nc1cc2oc(N3CCOCC3)nc2nc1C1CC1)c1coc(N2CC[C@H](O)C2)n1. The summed E-state index contributed by atoms with van der Waals surface area (Å²) in [5.74, 6) is -0.0760. The number of anilines is 3. The smallest absolute Gasteiger partial charge is 0.300 e. The van der Waals surface area contributed by atoms with Crippen LogP contribution < -0.4 is 15.1 Å². The molecule has 3 fully saturated rings. The number of nitrogens with one attached hydrogen (secondary N) is 1.